The van der Waals surface area contributed by atoms with Crippen LogP contribution in [-0.2, 0) is 10.0 Å². The molecule has 2 aromatic rings. The summed E-state index contributed by atoms with van der Waals surface area (Å²) in [6, 6.07) is 10.7. The Morgan fingerprint density at radius 3 is 2.24 bits per heavy atom. The maximum absolute atomic E-state index is 12.6. The van der Waals surface area contributed by atoms with Crippen LogP contribution in [0.5, 0.6) is 11.5 Å². The third-order valence-corrected chi connectivity index (χ3v) is 6.25. The van der Waals surface area contributed by atoms with Crippen LogP contribution in [0.4, 0.5) is 0 Å². The zero-order valence-electron chi connectivity index (χ0n) is 17.4. The molecule has 1 amide bonds. The highest BCUT2D eigenvalue weighted by molar-refractivity contribution is 7.89. The maximum atomic E-state index is 12.6. The van der Waals surface area contributed by atoms with Crippen molar-refractivity contribution in [3.8, 4) is 11.5 Å². The van der Waals surface area contributed by atoms with E-state index < -0.39 is 10.0 Å². The number of carbonyl (C=O) groups is 1. The third-order valence-electron chi connectivity index (χ3n) is 4.65. The van der Waals surface area contributed by atoms with E-state index in [9.17, 15) is 13.2 Å². The van der Waals surface area contributed by atoms with Crippen LogP contribution in [0.3, 0.4) is 0 Å². The monoisotopic (exact) mass is 420 g/mol. The lowest BCUT2D eigenvalue weighted by atomic mass is 10.1. The molecule has 0 radical (unpaired) electrons. The summed E-state index contributed by atoms with van der Waals surface area (Å²) in [5.74, 6) is 0.975. The van der Waals surface area contributed by atoms with Gasteiger partial charge in [0.15, 0.2) is 0 Å². The second-order valence-electron chi connectivity index (χ2n) is 6.76. The van der Waals surface area contributed by atoms with E-state index in [1.807, 2.05) is 13.8 Å². The minimum atomic E-state index is -3.61. The summed E-state index contributed by atoms with van der Waals surface area (Å²) in [6.45, 7) is 5.54. The Kier molecular flexibility index (Phi) is 7.64. The maximum Gasteiger partial charge on any atom is 0.251 e. The predicted molar refractivity (Wildman–Crippen MR) is 112 cm³/mol. The largest absolute Gasteiger partial charge is 0.497 e. The average Bonchev–Trinajstić information content (AvgIpc) is 2.72. The average molecular weight is 421 g/mol. The predicted octanol–water partition coefficient (Wildman–Crippen LogP) is 3.27. The molecule has 0 saturated heterocycles. The molecule has 0 aliphatic rings. The van der Waals surface area contributed by atoms with Crippen LogP contribution in [0.15, 0.2) is 47.4 Å². The number of sulfonamides is 1. The molecular weight excluding hydrogens is 392 g/mol. The molecule has 0 aliphatic carbocycles. The van der Waals surface area contributed by atoms with Gasteiger partial charge in [-0.15, -0.1) is 0 Å². The molecule has 2 atom stereocenters. The van der Waals surface area contributed by atoms with Crippen LogP contribution in [0.1, 0.15) is 49.2 Å². The van der Waals surface area contributed by atoms with Gasteiger partial charge in [-0.1, -0.05) is 6.92 Å². The second-order valence-corrected chi connectivity index (χ2v) is 8.47. The second kappa shape index (κ2) is 9.76. The van der Waals surface area contributed by atoms with Gasteiger partial charge in [0, 0.05) is 17.2 Å². The van der Waals surface area contributed by atoms with Crippen LogP contribution in [0.2, 0.25) is 0 Å². The normalized spacial score (nSPS) is 13.4. The lowest BCUT2D eigenvalue weighted by Crippen LogP contribution is -2.32. The van der Waals surface area contributed by atoms with E-state index in [0.717, 1.165) is 5.56 Å². The van der Waals surface area contributed by atoms with Crippen molar-refractivity contribution in [1.29, 1.82) is 0 Å². The Balaban J connectivity index is 2.15. The Bertz CT molecular complexity index is 942. The van der Waals surface area contributed by atoms with E-state index in [1.54, 1.807) is 39.3 Å². The third kappa shape index (κ3) is 5.71. The molecule has 0 bridgehead atoms. The van der Waals surface area contributed by atoms with E-state index >= 15 is 0 Å². The summed E-state index contributed by atoms with van der Waals surface area (Å²) in [5, 5.41) is 2.90. The van der Waals surface area contributed by atoms with Crippen LogP contribution in [0, 0.1) is 0 Å². The first-order valence-electron chi connectivity index (χ1n) is 9.37. The molecule has 0 saturated carbocycles. The topological polar surface area (TPSA) is 93.7 Å². The first kappa shape index (κ1) is 22.7. The van der Waals surface area contributed by atoms with Crippen molar-refractivity contribution in [3.63, 3.8) is 0 Å². The van der Waals surface area contributed by atoms with E-state index in [2.05, 4.69) is 10.0 Å². The number of hydrogen-bond acceptors (Lipinski definition) is 5. The highest BCUT2D eigenvalue weighted by Crippen LogP contribution is 2.29. The summed E-state index contributed by atoms with van der Waals surface area (Å²) in [7, 11) is -0.477. The van der Waals surface area contributed by atoms with Crippen molar-refractivity contribution in [2.45, 2.75) is 44.2 Å². The lowest BCUT2D eigenvalue weighted by Gasteiger charge is -2.18. The number of methoxy groups -OCH3 is 2. The van der Waals surface area contributed by atoms with E-state index in [4.69, 9.17) is 9.47 Å². The fourth-order valence-corrected chi connectivity index (χ4v) is 4.06. The molecule has 7 nitrogen and oxygen atoms in total. The zero-order chi connectivity index (χ0) is 21.6. The minimum absolute atomic E-state index is 0.122. The number of benzene rings is 2. The van der Waals surface area contributed by atoms with Crippen LogP contribution in [-0.4, -0.2) is 34.6 Å². The molecule has 0 heterocycles. The van der Waals surface area contributed by atoms with Gasteiger partial charge >= 0.3 is 0 Å². The first-order valence-corrected chi connectivity index (χ1v) is 10.8. The summed E-state index contributed by atoms with van der Waals surface area (Å²) >= 11 is 0. The van der Waals surface area contributed by atoms with Gasteiger partial charge in [0.1, 0.15) is 11.5 Å². The van der Waals surface area contributed by atoms with Gasteiger partial charge in [0.2, 0.25) is 10.0 Å². The molecule has 2 rings (SSSR count). The van der Waals surface area contributed by atoms with Crippen LogP contribution >= 0.6 is 0 Å². The van der Waals surface area contributed by atoms with Crippen LogP contribution in [0.25, 0.3) is 0 Å². The number of ether oxygens (including phenoxy) is 2. The standard InChI is InChI=1S/C21H28N2O5S/c1-6-14(2)23-29(25,26)18-10-7-16(8-11-18)21(24)22-15(3)19-13-17(27-4)9-12-20(19)28-5/h7-15,23H,6H2,1-5H3,(H,22,24)/t14-,15-/m0/s1. The summed E-state index contributed by atoms with van der Waals surface area (Å²) in [4.78, 5) is 12.7. The molecule has 2 N–H and O–H groups in total. The zero-order valence-corrected chi connectivity index (χ0v) is 18.2. The molecule has 0 unspecified atom stereocenters. The van der Waals surface area contributed by atoms with Gasteiger partial charge in [-0.2, -0.15) is 0 Å². The van der Waals surface area contributed by atoms with E-state index in [-0.39, 0.29) is 22.9 Å². The number of rotatable bonds is 9. The van der Waals surface area contributed by atoms with Gasteiger partial charge in [-0.25, -0.2) is 13.1 Å². The summed E-state index contributed by atoms with van der Waals surface area (Å²) < 4.78 is 37.9. The van der Waals surface area contributed by atoms with Gasteiger partial charge in [0.05, 0.1) is 25.2 Å². The quantitative estimate of drug-likeness (QED) is 0.649. The Hall–Kier alpha value is -2.58. The number of hydrogen-bond donors (Lipinski definition) is 2. The van der Waals surface area contributed by atoms with Gasteiger partial charge in [0.25, 0.3) is 5.91 Å². The first-order chi connectivity index (χ1) is 13.7. The molecule has 0 fully saturated rings. The SMILES string of the molecule is CC[C@H](C)NS(=O)(=O)c1ccc(C(=O)N[C@@H](C)c2cc(OC)ccc2OC)cc1. The van der Waals surface area contributed by atoms with E-state index in [1.165, 1.54) is 24.3 Å². The highest BCUT2D eigenvalue weighted by Gasteiger charge is 2.19. The fraction of sp³-hybridized carbons (Fsp3) is 0.381. The molecule has 0 spiro atoms. The van der Waals surface area contributed by atoms with Crippen molar-refractivity contribution < 1.29 is 22.7 Å². The van der Waals surface area contributed by atoms with Crippen LogP contribution < -0.4 is 19.5 Å². The summed E-state index contributed by atoms with van der Waals surface area (Å²) in [5.41, 5.74) is 1.14. The summed E-state index contributed by atoms with van der Waals surface area (Å²) in [6.07, 6.45) is 0.686. The Morgan fingerprint density at radius 1 is 1.03 bits per heavy atom. The van der Waals surface area contributed by atoms with Gasteiger partial charge in [-0.05, 0) is 62.7 Å². The van der Waals surface area contributed by atoms with E-state index in [0.29, 0.717) is 23.5 Å². The number of nitrogens with one attached hydrogen (secondary N) is 2. The highest BCUT2D eigenvalue weighted by atomic mass is 32.2. The Labute approximate surface area is 172 Å². The van der Waals surface area contributed by atoms with Crippen molar-refractivity contribution >= 4 is 15.9 Å². The molecule has 0 aromatic heterocycles. The number of amides is 1. The van der Waals surface area contributed by atoms with Crippen molar-refractivity contribution in [3.05, 3.63) is 53.6 Å². The smallest absolute Gasteiger partial charge is 0.251 e. The molecule has 0 aliphatic heterocycles. The molecule has 158 valence electrons. The lowest BCUT2D eigenvalue weighted by molar-refractivity contribution is 0.0939. The van der Waals surface area contributed by atoms with Crippen molar-refractivity contribution in [1.82, 2.24) is 10.0 Å². The van der Waals surface area contributed by atoms with Crippen molar-refractivity contribution in [2.24, 2.45) is 0 Å². The van der Waals surface area contributed by atoms with Gasteiger partial charge in [-0.3, -0.25) is 4.79 Å². The molecule has 2 aromatic carbocycles. The molecular formula is C21H28N2O5S. The van der Waals surface area contributed by atoms with Crippen molar-refractivity contribution in [2.75, 3.05) is 14.2 Å². The fourth-order valence-electron chi connectivity index (χ4n) is 2.74. The molecule has 8 heteroatoms. The number of carbonyl (C=O) groups excluding carboxylic acids is 1. The minimum Gasteiger partial charge on any atom is -0.497 e. The van der Waals surface area contributed by atoms with Gasteiger partial charge < -0.3 is 14.8 Å². The molecule has 29 heavy (non-hydrogen) atoms. The Morgan fingerprint density at radius 2 is 1.69 bits per heavy atom.